The van der Waals surface area contributed by atoms with Gasteiger partial charge in [0.15, 0.2) is 21.5 Å². The fourth-order valence-corrected chi connectivity index (χ4v) is 2.50. The minimum absolute atomic E-state index is 0.218. The van der Waals surface area contributed by atoms with E-state index in [1.54, 1.807) is 0 Å². The molecule has 0 fully saturated rings. The summed E-state index contributed by atoms with van der Waals surface area (Å²) in [5.74, 6) is -2.66. The molecule has 0 aromatic heterocycles. The lowest BCUT2D eigenvalue weighted by Crippen LogP contribution is -2.49. The van der Waals surface area contributed by atoms with Crippen molar-refractivity contribution in [3.63, 3.8) is 0 Å². The number of fused-ring (bicyclic) bond motifs is 1. The Morgan fingerprint density at radius 1 is 1.25 bits per heavy atom. The lowest BCUT2D eigenvalue weighted by atomic mass is 10.1. The Balaban J connectivity index is 2.45. The number of anilines is 1. The van der Waals surface area contributed by atoms with E-state index in [9.17, 15) is 22.0 Å². The summed E-state index contributed by atoms with van der Waals surface area (Å²) in [5.41, 5.74) is 0.743. The lowest BCUT2D eigenvalue weighted by Gasteiger charge is -2.28. The molecule has 7 heteroatoms. The van der Waals surface area contributed by atoms with Gasteiger partial charge >= 0.3 is 0 Å². The van der Waals surface area contributed by atoms with Crippen LogP contribution < -0.4 is 4.90 Å². The SMILES string of the molecule is CC(C)(C(=O)N1CCc2cc(F)c(F)cc21)S(C)(=O)=O. The Labute approximate surface area is 116 Å². The van der Waals surface area contributed by atoms with Crippen molar-refractivity contribution in [3.05, 3.63) is 29.3 Å². The molecule has 1 aromatic rings. The summed E-state index contributed by atoms with van der Waals surface area (Å²) < 4.78 is 48.3. The molecule has 110 valence electrons. The second-order valence-electron chi connectivity index (χ2n) is 5.38. The average Bonchev–Trinajstić information content (AvgIpc) is 2.70. The van der Waals surface area contributed by atoms with E-state index in [0.29, 0.717) is 12.0 Å². The molecular formula is C13H15F2NO3S. The zero-order valence-corrected chi connectivity index (χ0v) is 12.2. The summed E-state index contributed by atoms with van der Waals surface area (Å²) in [7, 11) is -3.62. The fourth-order valence-electron chi connectivity index (χ4n) is 2.08. The Kier molecular flexibility index (Phi) is 3.36. The number of nitrogens with zero attached hydrogens (tertiary/aromatic N) is 1. The zero-order chi connectivity index (χ0) is 15.3. The van der Waals surface area contributed by atoms with E-state index in [1.165, 1.54) is 18.7 Å². The molecule has 1 heterocycles. The fraction of sp³-hybridized carbons (Fsp3) is 0.462. The molecule has 2 rings (SSSR count). The summed E-state index contributed by atoms with van der Waals surface area (Å²) >= 11 is 0. The number of amides is 1. The maximum absolute atomic E-state index is 13.3. The predicted molar refractivity (Wildman–Crippen MR) is 71.3 cm³/mol. The Morgan fingerprint density at radius 3 is 2.35 bits per heavy atom. The number of halogens is 2. The van der Waals surface area contributed by atoms with E-state index in [0.717, 1.165) is 18.4 Å². The van der Waals surface area contributed by atoms with E-state index in [-0.39, 0.29) is 12.2 Å². The summed E-state index contributed by atoms with van der Waals surface area (Å²) in [6.07, 6.45) is 1.35. The van der Waals surface area contributed by atoms with Gasteiger partial charge in [-0.1, -0.05) is 0 Å². The molecule has 0 saturated carbocycles. The first-order valence-corrected chi connectivity index (χ1v) is 7.94. The van der Waals surface area contributed by atoms with Crippen molar-refractivity contribution in [2.45, 2.75) is 25.0 Å². The van der Waals surface area contributed by atoms with E-state index in [1.807, 2.05) is 0 Å². The van der Waals surface area contributed by atoms with Crippen LogP contribution >= 0.6 is 0 Å². The highest BCUT2D eigenvalue weighted by molar-refractivity contribution is 7.92. The Bertz CT molecular complexity index is 683. The standard InChI is InChI=1S/C13H15F2NO3S/c1-13(2,20(3,18)19)12(17)16-5-4-8-6-9(14)10(15)7-11(8)16/h6-7H,4-5H2,1-3H3. The van der Waals surface area contributed by atoms with E-state index < -0.39 is 32.1 Å². The number of hydrogen-bond donors (Lipinski definition) is 0. The number of hydrogen-bond acceptors (Lipinski definition) is 3. The molecule has 1 aromatic carbocycles. The third kappa shape index (κ3) is 2.19. The Morgan fingerprint density at radius 2 is 1.80 bits per heavy atom. The monoisotopic (exact) mass is 303 g/mol. The van der Waals surface area contributed by atoms with Crippen LogP contribution in [0.4, 0.5) is 14.5 Å². The summed E-state index contributed by atoms with van der Waals surface area (Å²) in [4.78, 5) is 13.6. The van der Waals surface area contributed by atoms with Crippen molar-refractivity contribution in [1.29, 1.82) is 0 Å². The number of carbonyl (C=O) groups excluding carboxylic acids is 1. The smallest absolute Gasteiger partial charge is 0.247 e. The number of carbonyl (C=O) groups is 1. The number of sulfone groups is 1. The molecule has 0 bridgehead atoms. The van der Waals surface area contributed by atoms with Gasteiger partial charge in [0.2, 0.25) is 5.91 Å². The van der Waals surface area contributed by atoms with Gasteiger partial charge in [0.1, 0.15) is 4.75 Å². The highest BCUT2D eigenvalue weighted by atomic mass is 32.2. The summed E-state index contributed by atoms with van der Waals surface area (Å²) in [6.45, 7) is 2.83. The lowest BCUT2D eigenvalue weighted by molar-refractivity contribution is -0.120. The van der Waals surface area contributed by atoms with E-state index in [4.69, 9.17) is 0 Å². The van der Waals surface area contributed by atoms with Crippen molar-refractivity contribution >= 4 is 21.4 Å². The first kappa shape index (κ1) is 14.9. The molecule has 1 amide bonds. The molecule has 1 aliphatic heterocycles. The zero-order valence-electron chi connectivity index (χ0n) is 11.4. The second-order valence-corrected chi connectivity index (χ2v) is 7.95. The van der Waals surface area contributed by atoms with Gasteiger partial charge < -0.3 is 4.90 Å². The maximum Gasteiger partial charge on any atom is 0.247 e. The first-order valence-electron chi connectivity index (χ1n) is 6.05. The van der Waals surface area contributed by atoms with Crippen LogP contribution in [0.25, 0.3) is 0 Å². The van der Waals surface area contributed by atoms with Crippen LogP contribution in [0.1, 0.15) is 19.4 Å². The van der Waals surface area contributed by atoms with Crippen molar-refractivity contribution < 1.29 is 22.0 Å². The van der Waals surface area contributed by atoms with E-state index >= 15 is 0 Å². The van der Waals surface area contributed by atoms with Gasteiger partial charge in [-0.3, -0.25) is 4.79 Å². The van der Waals surface area contributed by atoms with Crippen LogP contribution in [0.3, 0.4) is 0 Å². The number of benzene rings is 1. The topological polar surface area (TPSA) is 54.5 Å². The minimum Gasteiger partial charge on any atom is -0.310 e. The highest BCUT2D eigenvalue weighted by Gasteiger charge is 2.43. The quantitative estimate of drug-likeness (QED) is 0.835. The van der Waals surface area contributed by atoms with Gasteiger partial charge in [-0.05, 0) is 31.9 Å². The van der Waals surface area contributed by atoms with Crippen LogP contribution in [0, 0.1) is 11.6 Å². The van der Waals surface area contributed by atoms with Gasteiger partial charge in [0, 0.05) is 18.9 Å². The molecular weight excluding hydrogens is 288 g/mol. The third-order valence-corrected chi connectivity index (χ3v) is 5.73. The normalized spacial score (nSPS) is 15.3. The van der Waals surface area contributed by atoms with Crippen molar-refractivity contribution in [3.8, 4) is 0 Å². The third-order valence-electron chi connectivity index (χ3n) is 3.70. The highest BCUT2D eigenvalue weighted by Crippen LogP contribution is 2.33. The van der Waals surface area contributed by atoms with Crippen LogP contribution in [-0.4, -0.2) is 31.9 Å². The van der Waals surface area contributed by atoms with Gasteiger partial charge in [-0.25, -0.2) is 17.2 Å². The van der Waals surface area contributed by atoms with Crippen molar-refractivity contribution in [2.75, 3.05) is 17.7 Å². The summed E-state index contributed by atoms with van der Waals surface area (Å²) in [5, 5.41) is 0. The molecule has 0 saturated heterocycles. The predicted octanol–water partition coefficient (Wildman–Crippen LogP) is 1.68. The molecule has 0 unspecified atom stereocenters. The molecule has 0 spiro atoms. The van der Waals surface area contributed by atoms with Gasteiger partial charge in [-0.2, -0.15) is 0 Å². The maximum atomic E-state index is 13.3. The van der Waals surface area contributed by atoms with Crippen LogP contribution in [0.5, 0.6) is 0 Å². The number of rotatable bonds is 2. The van der Waals surface area contributed by atoms with Crippen LogP contribution in [0.2, 0.25) is 0 Å². The summed E-state index contributed by atoms with van der Waals surface area (Å²) in [6, 6.07) is 1.99. The molecule has 4 nitrogen and oxygen atoms in total. The Hall–Kier alpha value is -1.50. The van der Waals surface area contributed by atoms with Gasteiger partial charge in [-0.15, -0.1) is 0 Å². The molecule has 20 heavy (non-hydrogen) atoms. The van der Waals surface area contributed by atoms with Crippen LogP contribution in [0.15, 0.2) is 12.1 Å². The van der Waals surface area contributed by atoms with E-state index in [2.05, 4.69) is 0 Å². The largest absolute Gasteiger partial charge is 0.310 e. The van der Waals surface area contributed by atoms with Gasteiger partial charge in [0.25, 0.3) is 0 Å². The van der Waals surface area contributed by atoms with Crippen molar-refractivity contribution in [2.24, 2.45) is 0 Å². The van der Waals surface area contributed by atoms with Crippen LogP contribution in [-0.2, 0) is 21.1 Å². The first-order chi connectivity index (χ1) is 9.05. The molecule has 0 atom stereocenters. The minimum atomic E-state index is -3.62. The molecule has 0 aliphatic carbocycles. The van der Waals surface area contributed by atoms with Gasteiger partial charge in [0.05, 0.1) is 5.69 Å². The second kappa shape index (κ2) is 4.51. The molecule has 1 aliphatic rings. The molecule has 0 radical (unpaired) electrons. The molecule has 0 N–H and O–H groups in total. The van der Waals surface area contributed by atoms with Crippen molar-refractivity contribution in [1.82, 2.24) is 0 Å². The average molecular weight is 303 g/mol.